The van der Waals surface area contributed by atoms with Gasteiger partial charge in [0.05, 0.1) is 7.11 Å². The Morgan fingerprint density at radius 1 is 1.38 bits per heavy atom. The van der Waals surface area contributed by atoms with Gasteiger partial charge in [0.25, 0.3) is 0 Å². The molecule has 4 heteroatoms. The maximum absolute atomic E-state index is 11.3. The van der Waals surface area contributed by atoms with Crippen LogP contribution in [0, 0.1) is 0 Å². The molecule has 0 saturated heterocycles. The Kier molecular flexibility index (Phi) is 4.51. The van der Waals surface area contributed by atoms with Gasteiger partial charge in [-0.15, -0.1) is 0 Å². The molecule has 1 rings (SSSR count). The Bertz CT molecular complexity index is 356. The molecule has 0 bridgehead atoms. The van der Waals surface area contributed by atoms with Crippen molar-refractivity contribution in [2.75, 3.05) is 7.11 Å². The first-order chi connectivity index (χ1) is 7.71. The highest BCUT2D eigenvalue weighted by Crippen LogP contribution is 2.14. The van der Waals surface area contributed by atoms with Gasteiger partial charge in [-0.3, -0.25) is 4.79 Å². The van der Waals surface area contributed by atoms with E-state index < -0.39 is 12.1 Å². The number of benzene rings is 1. The number of ether oxygens (including phenoxy) is 2. The van der Waals surface area contributed by atoms with E-state index in [2.05, 4.69) is 4.74 Å². The summed E-state index contributed by atoms with van der Waals surface area (Å²) in [5.74, 6) is 0.143. The van der Waals surface area contributed by atoms with Crippen molar-refractivity contribution in [2.45, 2.75) is 19.4 Å². The second kappa shape index (κ2) is 5.90. The highest BCUT2D eigenvalue weighted by molar-refractivity contribution is 5.76. The van der Waals surface area contributed by atoms with Crippen molar-refractivity contribution < 1.29 is 19.1 Å². The van der Waals surface area contributed by atoms with Crippen molar-refractivity contribution in [3.8, 4) is 5.75 Å². The topological polar surface area (TPSA) is 52.6 Å². The SMILES string of the molecule is CC[C@H](Oc1ccc(C=O)cc1)C(=O)OC. The second-order valence-electron chi connectivity index (χ2n) is 3.22. The van der Waals surface area contributed by atoms with E-state index in [9.17, 15) is 9.59 Å². The molecule has 0 heterocycles. The Morgan fingerprint density at radius 3 is 2.44 bits per heavy atom. The molecule has 1 atom stereocenters. The van der Waals surface area contributed by atoms with Crippen LogP contribution in [0.5, 0.6) is 5.75 Å². The lowest BCUT2D eigenvalue weighted by Crippen LogP contribution is -2.27. The van der Waals surface area contributed by atoms with Crippen molar-refractivity contribution in [1.82, 2.24) is 0 Å². The van der Waals surface area contributed by atoms with Crippen molar-refractivity contribution in [3.63, 3.8) is 0 Å². The molecule has 1 aromatic carbocycles. The summed E-state index contributed by atoms with van der Waals surface area (Å²) in [6.07, 6.45) is 0.677. The van der Waals surface area contributed by atoms with Crippen LogP contribution in [-0.2, 0) is 9.53 Å². The molecule has 0 aliphatic rings. The van der Waals surface area contributed by atoms with Crippen LogP contribution in [-0.4, -0.2) is 25.5 Å². The molecule has 0 radical (unpaired) electrons. The molecule has 16 heavy (non-hydrogen) atoms. The number of esters is 1. The van der Waals surface area contributed by atoms with Crippen LogP contribution in [0.25, 0.3) is 0 Å². The molecule has 1 aromatic rings. The number of hydrogen-bond donors (Lipinski definition) is 0. The van der Waals surface area contributed by atoms with Gasteiger partial charge in [0.1, 0.15) is 12.0 Å². The van der Waals surface area contributed by atoms with Crippen LogP contribution in [0.15, 0.2) is 24.3 Å². The summed E-state index contributed by atoms with van der Waals surface area (Å²) in [5, 5.41) is 0. The zero-order valence-corrected chi connectivity index (χ0v) is 9.30. The highest BCUT2D eigenvalue weighted by Gasteiger charge is 2.18. The maximum atomic E-state index is 11.3. The Morgan fingerprint density at radius 2 is 2.00 bits per heavy atom. The zero-order valence-electron chi connectivity index (χ0n) is 9.30. The first-order valence-corrected chi connectivity index (χ1v) is 5.01. The molecule has 0 unspecified atom stereocenters. The van der Waals surface area contributed by atoms with Gasteiger partial charge in [-0.05, 0) is 30.7 Å². The molecule has 0 fully saturated rings. The molecule has 0 N–H and O–H groups in total. The monoisotopic (exact) mass is 222 g/mol. The molecule has 0 saturated carbocycles. The highest BCUT2D eigenvalue weighted by atomic mass is 16.6. The van der Waals surface area contributed by atoms with E-state index in [-0.39, 0.29) is 0 Å². The summed E-state index contributed by atoms with van der Waals surface area (Å²) in [6, 6.07) is 6.56. The van der Waals surface area contributed by atoms with Gasteiger partial charge < -0.3 is 9.47 Å². The minimum Gasteiger partial charge on any atom is -0.479 e. The fourth-order valence-electron chi connectivity index (χ4n) is 1.22. The van der Waals surface area contributed by atoms with Gasteiger partial charge in [-0.25, -0.2) is 4.79 Å². The average Bonchev–Trinajstić information content (AvgIpc) is 2.35. The van der Waals surface area contributed by atoms with Crippen LogP contribution >= 0.6 is 0 Å². The van der Waals surface area contributed by atoms with E-state index in [1.165, 1.54) is 7.11 Å². The van der Waals surface area contributed by atoms with E-state index in [4.69, 9.17) is 4.74 Å². The number of aldehydes is 1. The second-order valence-corrected chi connectivity index (χ2v) is 3.22. The van der Waals surface area contributed by atoms with Gasteiger partial charge in [0.2, 0.25) is 0 Å². The van der Waals surface area contributed by atoms with Crippen molar-refractivity contribution in [3.05, 3.63) is 29.8 Å². The van der Waals surface area contributed by atoms with Crippen molar-refractivity contribution in [1.29, 1.82) is 0 Å². The molecule has 0 aliphatic carbocycles. The van der Waals surface area contributed by atoms with E-state index in [0.29, 0.717) is 17.7 Å². The smallest absolute Gasteiger partial charge is 0.347 e. The van der Waals surface area contributed by atoms with E-state index >= 15 is 0 Å². The Balaban J connectivity index is 2.70. The normalized spacial score (nSPS) is 11.6. The minimum absolute atomic E-state index is 0.401. The number of carbonyl (C=O) groups is 2. The van der Waals surface area contributed by atoms with Crippen molar-refractivity contribution in [2.24, 2.45) is 0 Å². The molecule has 0 aromatic heterocycles. The van der Waals surface area contributed by atoms with Crippen LogP contribution in [0.2, 0.25) is 0 Å². The summed E-state index contributed by atoms with van der Waals surface area (Å²) in [4.78, 5) is 21.7. The van der Waals surface area contributed by atoms with E-state index in [1.54, 1.807) is 24.3 Å². The Hall–Kier alpha value is -1.84. The fourth-order valence-corrected chi connectivity index (χ4v) is 1.22. The first-order valence-electron chi connectivity index (χ1n) is 5.01. The van der Waals surface area contributed by atoms with Gasteiger partial charge in [0, 0.05) is 5.56 Å². The van der Waals surface area contributed by atoms with Crippen LogP contribution < -0.4 is 4.74 Å². The van der Waals surface area contributed by atoms with Gasteiger partial charge in [0.15, 0.2) is 6.10 Å². The standard InChI is InChI=1S/C12H14O4/c1-3-11(12(14)15-2)16-10-6-4-9(8-13)5-7-10/h4-8,11H,3H2,1-2H3/t11-/m0/s1. The van der Waals surface area contributed by atoms with Crippen LogP contribution in [0.4, 0.5) is 0 Å². The molecule has 86 valence electrons. The predicted molar refractivity (Wildman–Crippen MR) is 58.6 cm³/mol. The fraction of sp³-hybridized carbons (Fsp3) is 0.333. The predicted octanol–water partition coefficient (Wildman–Crippen LogP) is 1.83. The maximum Gasteiger partial charge on any atom is 0.347 e. The quantitative estimate of drug-likeness (QED) is 0.563. The van der Waals surface area contributed by atoms with Crippen molar-refractivity contribution >= 4 is 12.3 Å². The van der Waals surface area contributed by atoms with Gasteiger partial charge in [-0.1, -0.05) is 6.92 Å². The van der Waals surface area contributed by atoms with E-state index in [0.717, 1.165) is 6.29 Å². The summed E-state index contributed by atoms with van der Waals surface area (Å²) in [7, 11) is 1.32. The number of carbonyl (C=O) groups excluding carboxylic acids is 2. The molecule has 4 nitrogen and oxygen atoms in total. The lowest BCUT2D eigenvalue weighted by molar-refractivity contribution is -0.148. The van der Waals surface area contributed by atoms with Crippen LogP contribution in [0.1, 0.15) is 23.7 Å². The lowest BCUT2D eigenvalue weighted by atomic mass is 10.2. The summed E-state index contributed by atoms with van der Waals surface area (Å²) >= 11 is 0. The molecular formula is C12H14O4. The largest absolute Gasteiger partial charge is 0.479 e. The molecule has 0 amide bonds. The average molecular weight is 222 g/mol. The number of hydrogen-bond acceptors (Lipinski definition) is 4. The van der Waals surface area contributed by atoms with Gasteiger partial charge in [-0.2, -0.15) is 0 Å². The van der Waals surface area contributed by atoms with Crippen LogP contribution in [0.3, 0.4) is 0 Å². The number of rotatable bonds is 5. The summed E-state index contributed by atoms with van der Waals surface area (Å²) in [5.41, 5.74) is 0.568. The van der Waals surface area contributed by atoms with Gasteiger partial charge >= 0.3 is 5.97 Å². The zero-order chi connectivity index (χ0) is 12.0. The summed E-state index contributed by atoms with van der Waals surface area (Å²) in [6.45, 7) is 1.83. The first kappa shape index (κ1) is 12.2. The Labute approximate surface area is 94.2 Å². The third kappa shape index (κ3) is 3.08. The summed E-state index contributed by atoms with van der Waals surface area (Å²) < 4.78 is 10.0. The minimum atomic E-state index is -0.605. The number of methoxy groups -OCH3 is 1. The third-order valence-electron chi connectivity index (χ3n) is 2.13. The third-order valence-corrected chi connectivity index (χ3v) is 2.13. The molecule has 0 spiro atoms. The van der Waals surface area contributed by atoms with E-state index in [1.807, 2.05) is 6.92 Å². The molecule has 0 aliphatic heterocycles. The lowest BCUT2D eigenvalue weighted by Gasteiger charge is -2.14. The molecular weight excluding hydrogens is 208 g/mol.